The molecule has 0 saturated carbocycles. The normalized spacial score (nSPS) is 11.4. The third-order valence-corrected chi connectivity index (χ3v) is 5.63. The van der Waals surface area contributed by atoms with Gasteiger partial charge in [0.05, 0.1) is 21.3 Å². The van der Waals surface area contributed by atoms with Crippen LogP contribution in [0.25, 0.3) is 6.08 Å². The van der Waals surface area contributed by atoms with Crippen molar-refractivity contribution < 1.29 is 22.0 Å². The van der Waals surface area contributed by atoms with Gasteiger partial charge < -0.3 is 5.32 Å². The van der Waals surface area contributed by atoms with Gasteiger partial charge in [0.2, 0.25) is 5.91 Å². The zero-order valence-electron chi connectivity index (χ0n) is 15.3. The van der Waals surface area contributed by atoms with E-state index in [1.54, 1.807) is 18.2 Å². The van der Waals surface area contributed by atoms with Crippen LogP contribution in [-0.2, 0) is 14.8 Å². The number of amides is 1. The fraction of sp³-hybridized carbons (Fsp3) is 0. The number of carbonyl (C=O) groups excluding carboxylic acids is 1. The molecule has 0 aliphatic heterocycles. The molecule has 0 aromatic heterocycles. The second kappa shape index (κ2) is 9.06. The highest BCUT2D eigenvalue weighted by atomic mass is 35.5. The third-order valence-electron chi connectivity index (χ3n) is 3.92. The van der Waals surface area contributed by atoms with Crippen LogP contribution < -0.4 is 10.0 Å². The van der Waals surface area contributed by atoms with Crippen LogP contribution in [0.5, 0.6) is 0 Å². The largest absolute Gasteiger partial charge is 0.320 e. The Morgan fingerprint density at radius 2 is 1.63 bits per heavy atom. The summed E-state index contributed by atoms with van der Waals surface area (Å²) in [6.07, 6.45) is 2.53. The molecule has 2 N–H and O–H groups in total. The monoisotopic (exact) mass is 448 g/mol. The molecule has 30 heavy (non-hydrogen) atoms. The van der Waals surface area contributed by atoms with Gasteiger partial charge in [-0.1, -0.05) is 35.9 Å². The first-order chi connectivity index (χ1) is 14.2. The summed E-state index contributed by atoms with van der Waals surface area (Å²) in [5.74, 6) is -2.12. The van der Waals surface area contributed by atoms with E-state index < -0.39 is 27.6 Å². The lowest BCUT2D eigenvalue weighted by molar-refractivity contribution is -0.111. The summed E-state index contributed by atoms with van der Waals surface area (Å²) in [5, 5.41) is 2.50. The molecule has 0 fully saturated rings. The molecular formula is C21H15ClF2N2O3S. The predicted octanol–water partition coefficient (Wildman–Crippen LogP) is 5.07. The number of sulfonamides is 1. The maximum Gasteiger partial charge on any atom is 0.261 e. The Morgan fingerprint density at radius 3 is 2.33 bits per heavy atom. The fourth-order valence-electron chi connectivity index (χ4n) is 2.45. The second-order valence-electron chi connectivity index (χ2n) is 6.10. The summed E-state index contributed by atoms with van der Waals surface area (Å²) in [6, 6.07) is 14.9. The molecule has 3 aromatic carbocycles. The summed E-state index contributed by atoms with van der Waals surface area (Å²) in [5.41, 5.74) is 0.502. The van der Waals surface area contributed by atoms with Gasteiger partial charge in [0.25, 0.3) is 10.0 Å². The smallest absolute Gasteiger partial charge is 0.261 e. The second-order valence-corrected chi connectivity index (χ2v) is 8.19. The van der Waals surface area contributed by atoms with Gasteiger partial charge in [-0.3, -0.25) is 9.52 Å². The van der Waals surface area contributed by atoms with E-state index in [1.165, 1.54) is 36.4 Å². The zero-order chi connectivity index (χ0) is 21.7. The molecular weight excluding hydrogens is 434 g/mol. The van der Waals surface area contributed by atoms with Gasteiger partial charge in [0.15, 0.2) is 0 Å². The number of anilines is 2. The first-order valence-electron chi connectivity index (χ1n) is 8.56. The van der Waals surface area contributed by atoms with Crippen LogP contribution in [0.3, 0.4) is 0 Å². The number of benzene rings is 3. The van der Waals surface area contributed by atoms with E-state index in [0.717, 1.165) is 24.3 Å². The van der Waals surface area contributed by atoms with E-state index in [2.05, 4.69) is 10.0 Å². The number of hydrogen-bond donors (Lipinski definition) is 2. The van der Waals surface area contributed by atoms with Gasteiger partial charge in [-0.25, -0.2) is 17.2 Å². The highest BCUT2D eigenvalue weighted by molar-refractivity contribution is 7.92. The van der Waals surface area contributed by atoms with Crippen LogP contribution in [0.2, 0.25) is 5.02 Å². The van der Waals surface area contributed by atoms with Crippen LogP contribution in [0.1, 0.15) is 5.56 Å². The molecule has 0 radical (unpaired) electrons. The highest BCUT2D eigenvalue weighted by Crippen LogP contribution is 2.24. The van der Waals surface area contributed by atoms with E-state index in [4.69, 9.17) is 11.6 Å². The van der Waals surface area contributed by atoms with Gasteiger partial charge in [-0.05, 0) is 48.0 Å². The van der Waals surface area contributed by atoms with Crippen molar-refractivity contribution in [3.05, 3.63) is 95.0 Å². The summed E-state index contributed by atoms with van der Waals surface area (Å²) in [6.45, 7) is 0. The molecule has 154 valence electrons. The van der Waals surface area contributed by atoms with Crippen LogP contribution in [0.15, 0.2) is 77.7 Å². The molecule has 0 bridgehead atoms. The molecule has 0 heterocycles. The molecule has 3 rings (SSSR count). The molecule has 0 aliphatic rings. The van der Waals surface area contributed by atoms with Crippen molar-refractivity contribution >= 4 is 45.0 Å². The average molecular weight is 449 g/mol. The van der Waals surface area contributed by atoms with Gasteiger partial charge in [-0.15, -0.1) is 0 Å². The first kappa shape index (κ1) is 21.5. The maximum absolute atomic E-state index is 13.6. The minimum absolute atomic E-state index is 0.00542. The Kier molecular flexibility index (Phi) is 6.49. The van der Waals surface area contributed by atoms with Crippen molar-refractivity contribution in [3.63, 3.8) is 0 Å². The maximum atomic E-state index is 13.6. The first-order valence-corrected chi connectivity index (χ1v) is 10.4. The van der Waals surface area contributed by atoms with Crippen LogP contribution in [0.4, 0.5) is 20.2 Å². The Labute approximate surface area is 177 Å². The van der Waals surface area contributed by atoms with Crippen molar-refractivity contribution in [1.29, 1.82) is 0 Å². The van der Waals surface area contributed by atoms with Gasteiger partial charge in [0, 0.05) is 12.1 Å². The third kappa shape index (κ3) is 5.43. The minimum Gasteiger partial charge on any atom is -0.320 e. The Balaban J connectivity index is 1.68. The van der Waals surface area contributed by atoms with Crippen molar-refractivity contribution in [2.24, 2.45) is 0 Å². The molecule has 0 atom stereocenters. The van der Waals surface area contributed by atoms with E-state index >= 15 is 0 Å². The molecule has 9 heteroatoms. The SMILES string of the molecule is O=C(/C=C/c1ccc(S(=O)(=O)Nc2ccccc2Cl)cc1)Nc1cc(F)ccc1F. The molecule has 5 nitrogen and oxygen atoms in total. The summed E-state index contributed by atoms with van der Waals surface area (Å²) < 4.78 is 54.1. The van der Waals surface area contributed by atoms with E-state index in [9.17, 15) is 22.0 Å². The van der Waals surface area contributed by atoms with Crippen LogP contribution in [0, 0.1) is 11.6 Å². The standard InChI is InChI=1S/C21H15ClF2N2O3S/c22-17-3-1-2-4-19(17)26-30(28,29)16-9-5-14(6-10-16)7-12-21(27)25-20-13-15(23)8-11-18(20)24/h1-13,26H,(H,25,27)/b12-7+. The lowest BCUT2D eigenvalue weighted by Gasteiger charge is -2.09. The molecule has 0 aliphatic carbocycles. The quantitative estimate of drug-likeness (QED) is 0.517. The minimum atomic E-state index is -3.85. The highest BCUT2D eigenvalue weighted by Gasteiger charge is 2.15. The van der Waals surface area contributed by atoms with Crippen LogP contribution >= 0.6 is 11.6 Å². The Morgan fingerprint density at radius 1 is 0.933 bits per heavy atom. The zero-order valence-corrected chi connectivity index (χ0v) is 16.8. The fourth-order valence-corrected chi connectivity index (χ4v) is 3.76. The molecule has 0 spiro atoms. The number of carbonyl (C=O) groups is 1. The lowest BCUT2D eigenvalue weighted by atomic mass is 10.2. The molecule has 0 unspecified atom stereocenters. The van der Waals surface area contributed by atoms with Crippen LogP contribution in [-0.4, -0.2) is 14.3 Å². The topological polar surface area (TPSA) is 75.3 Å². The van der Waals surface area contributed by atoms with Gasteiger partial charge >= 0.3 is 0 Å². The van der Waals surface area contributed by atoms with E-state index in [1.807, 2.05) is 0 Å². The lowest BCUT2D eigenvalue weighted by Crippen LogP contribution is -2.13. The number of hydrogen-bond acceptors (Lipinski definition) is 3. The predicted molar refractivity (Wildman–Crippen MR) is 113 cm³/mol. The van der Waals surface area contributed by atoms with E-state index in [-0.39, 0.29) is 21.3 Å². The van der Waals surface area contributed by atoms with Crippen molar-refractivity contribution in [3.8, 4) is 0 Å². The molecule has 3 aromatic rings. The Bertz CT molecular complexity index is 1210. The average Bonchev–Trinajstić information content (AvgIpc) is 2.71. The van der Waals surface area contributed by atoms with Gasteiger partial charge in [0.1, 0.15) is 11.6 Å². The van der Waals surface area contributed by atoms with Crippen molar-refractivity contribution in [1.82, 2.24) is 0 Å². The molecule has 1 amide bonds. The number of nitrogens with one attached hydrogen (secondary N) is 2. The van der Waals surface area contributed by atoms with Crippen molar-refractivity contribution in [2.75, 3.05) is 10.0 Å². The number of halogens is 3. The Hall–Kier alpha value is -3.23. The van der Waals surface area contributed by atoms with Crippen molar-refractivity contribution in [2.45, 2.75) is 4.90 Å². The number of rotatable bonds is 6. The summed E-state index contributed by atoms with van der Waals surface area (Å²) in [7, 11) is -3.85. The van der Waals surface area contributed by atoms with E-state index in [0.29, 0.717) is 5.56 Å². The summed E-state index contributed by atoms with van der Waals surface area (Å²) in [4.78, 5) is 11.9. The molecule has 0 saturated heterocycles. The summed E-state index contributed by atoms with van der Waals surface area (Å²) >= 11 is 5.97. The number of para-hydroxylation sites is 1. The van der Waals surface area contributed by atoms with Gasteiger partial charge in [-0.2, -0.15) is 0 Å².